The van der Waals surface area contributed by atoms with Crippen molar-refractivity contribution in [3.63, 3.8) is 0 Å². The second-order valence-electron chi connectivity index (χ2n) is 5.10. The van der Waals surface area contributed by atoms with Crippen LogP contribution in [-0.2, 0) is 16.8 Å². The van der Waals surface area contributed by atoms with Crippen LogP contribution in [0.25, 0.3) is 0 Å². The van der Waals surface area contributed by atoms with Crippen molar-refractivity contribution in [2.75, 3.05) is 13.1 Å². The Morgan fingerprint density at radius 2 is 2.05 bits per heavy atom. The van der Waals surface area contributed by atoms with E-state index in [1.807, 2.05) is 0 Å². The van der Waals surface area contributed by atoms with Gasteiger partial charge < -0.3 is 5.11 Å². The molecule has 2 rings (SSSR count). The van der Waals surface area contributed by atoms with Crippen LogP contribution in [0.3, 0.4) is 0 Å². The van der Waals surface area contributed by atoms with E-state index in [9.17, 15) is 13.5 Å². The molecule has 1 unspecified atom stereocenters. The molecule has 0 aromatic heterocycles. The summed E-state index contributed by atoms with van der Waals surface area (Å²) in [5.41, 5.74) is 0.825. The summed E-state index contributed by atoms with van der Waals surface area (Å²) in [5, 5.41) is 9.17. The Morgan fingerprint density at radius 3 is 2.68 bits per heavy atom. The molecular weight excluding hydrogens is 264 g/mol. The molecule has 1 fully saturated rings. The van der Waals surface area contributed by atoms with Crippen LogP contribution >= 0.6 is 0 Å². The van der Waals surface area contributed by atoms with Gasteiger partial charge in [0.05, 0.1) is 0 Å². The van der Waals surface area contributed by atoms with E-state index in [0.29, 0.717) is 19.0 Å². The highest BCUT2D eigenvalue weighted by Gasteiger charge is 2.26. The molecule has 1 aliphatic rings. The van der Waals surface area contributed by atoms with Crippen LogP contribution in [0.15, 0.2) is 24.3 Å². The summed E-state index contributed by atoms with van der Waals surface area (Å²) in [6.07, 6.45) is 2.01. The lowest BCUT2D eigenvalue weighted by Crippen LogP contribution is -2.45. The molecule has 0 bridgehead atoms. The molecule has 106 valence electrons. The van der Waals surface area contributed by atoms with Gasteiger partial charge in [-0.2, -0.15) is 17.4 Å². The fraction of sp³-hybridized carbons (Fsp3) is 0.538. The zero-order valence-electron chi connectivity index (χ0n) is 11.0. The van der Waals surface area contributed by atoms with E-state index in [2.05, 4.69) is 11.6 Å². The molecule has 0 aliphatic carbocycles. The van der Waals surface area contributed by atoms with Gasteiger partial charge in [0.1, 0.15) is 5.75 Å². The number of piperidine rings is 1. The van der Waals surface area contributed by atoms with Crippen molar-refractivity contribution in [2.45, 2.75) is 26.3 Å². The molecule has 0 radical (unpaired) electrons. The van der Waals surface area contributed by atoms with Gasteiger partial charge in [0.15, 0.2) is 0 Å². The fourth-order valence-corrected chi connectivity index (χ4v) is 3.60. The van der Waals surface area contributed by atoms with Crippen molar-refractivity contribution in [3.8, 4) is 5.75 Å². The summed E-state index contributed by atoms with van der Waals surface area (Å²) >= 11 is 0. The van der Waals surface area contributed by atoms with Gasteiger partial charge in [-0.05, 0) is 36.5 Å². The Bertz CT molecular complexity index is 513. The number of hydrogen-bond donors (Lipinski definition) is 2. The van der Waals surface area contributed by atoms with Crippen LogP contribution in [0.5, 0.6) is 5.75 Å². The van der Waals surface area contributed by atoms with Gasteiger partial charge in [-0.15, -0.1) is 0 Å². The smallest absolute Gasteiger partial charge is 0.279 e. The highest BCUT2D eigenvalue weighted by molar-refractivity contribution is 7.87. The van der Waals surface area contributed by atoms with Gasteiger partial charge in [-0.25, -0.2) is 0 Å². The zero-order chi connectivity index (χ0) is 13.9. The van der Waals surface area contributed by atoms with Crippen molar-refractivity contribution < 1.29 is 13.5 Å². The number of aromatic hydroxyl groups is 1. The zero-order valence-corrected chi connectivity index (χ0v) is 11.9. The molecule has 2 N–H and O–H groups in total. The summed E-state index contributed by atoms with van der Waals surface area (Å²) in [6, 6.07) is 6.51. The molecule has 1 aromatic carbocycles. The first kappa shape index (κ1) is 14.3. The largest absolute Gasteiger partial charge is 0.508 e. The van der Waals surface area contributed by atoms with Crippen LogP contribution in [-0.4, -0.2) is 30.9 Å². The quantitative estimate of drug-likeness (QED) is 0.879. The molecule has 6 heteroatoms. The highest BCUT2D eigenvalue weighted by Crippen LogP contribution is 2.18. The predicted octanol–water partition coefficient (Wildman–Crippen LogP) is 1.46. The number of benzene rings is 1. The lowest BCUT2D eigenvalue weighted by Gasteiger charge is -2.29. The molecule has 1 heterocycles. The number of nitrogens with zero attached hydrogens (tertiary/aromatic N) is 1. The van der Waals surface area contributed by atoms with Crippen molar-refractivity contribution in [2.24, 2.45) is 5.92 Å². The van der Waals surface area contributed by atoms with E-state index in [-0.39, 0.29) is 12.3 Å². The van der Waals surface area contributed by atoms with E-state index in [1.54, 1.807) is 24.3 Å². The van der Waals surface area contributed by atoms with Crippen LogP contribution in [0.4, 0.5) is 0 Å². The topological polar surface area (TPSA) is 69.6 Å². The van der Waals surface area contributed by atoms with Crippen molar-refractivity contribution >= 4 is 10.2 Å². The van der Waals surface area contributed by atoms with E-state index < -0.39 is 10.2 Å². The molecule has 1 aromatic rings. The van der Waals surface area contributed by atoms with Gasteiger partial charge in [0.25, 0.3) is 10.2 Å². The van der Waals surface area contributed by atoms with E-state index in [1.165, 1.54) is 4.31 Å². The number of rotatable bonds is 4. The van der Waals surface area contributed by atoms with Crippen LogP contribution < -0.4 is 4.72 Å². The summed E-state index contributed by atoms with van der Waals surface area (Å²) in [7, 11) is -3.40. The molecule has 0 spiro atoms. The SMILES string of the molecule is CC1CCCN(S(=O)(=O)NCc2ccc(O)cc2)C1. The predicted molar refractivity (Wildman–Crippen MR) is 73.8 cm³/mol. The standard InChI is InChI=1S/C13H20N2O3S/c1-11-3-2-8-15(10-11)19(17,18)14-9-12-4-6-13(16)7-5-12/h4-7,11,14,16H,2-3,8-10H2,1H3. The van der Waals surface area contributed by atoms with Crippen LogP contribution in [0.1, 0.15) is 25.3 Å². The molecular formula is C13H20N2O3S. The molecule has 1 atom stereocenters. The minimum absolute atomic E-state index is 0.177. The third-order valence-corrected chi connectivity index (χ3v) is 4.88. The molecule has 19 heavy (non-hydrogen) atoms. The van der Waals surface area contributed by atoms with E-state index in [0.717, 1.165) is 18.4 Å². The summed E-state index contributed by atoms with van der Waals surface area (Å²) in [4.78, 5) is 0. The van der Waals surface area contributed by atoms with Crippen LogP contribution in [0, 0.1) is 5.92 Å². The number of phenolic OH excluding ortho intramolecular Hbond substituents is 1. The third-order valence-electron chi connectivity index (χ3n) is 3.35. The fourth-order valence-electron chi connectivity index (χ4n) is 2.24. The Kier molecular flexibility index (Phi) is 4.44. The summed E-state index contributed by atoms with van der Waals surface area (Å²) in [5.74, 6) is 0.593. The second-order valence-corrected chi connectivity index (χ2v) is 6.85. The Hall–Kier alpha value is -1.11. The first-order valence-corrected chi connectivity index (χ1v) is 7.94. The van der Waals surface area contributed by atoms with Crippen molar-refractivity contribution in [1.29, 1.82) is 0 Å². The first-order valence-electron chi connectivity index (χ1n) is 6.50. The first-order chi connectivity index (χ1) is 8.97. The minimum Gasteiger partial charge on any atom is -0.508 e. The Balaban J connectivity index is 1.95. The van der Waals surface area contributed by atoms with E-state index >= 15 is 0 Å². The molecule has 1 aliphatic heterocycles. The van der Waals surface area contributed by atoms with Crippen LogP contribution in [0.2, 0.25) is 0 Å². The van der Waals surface area contributed by atoms with Gasteiger partial charge in [0.2, 0.25) is 0 Å². The minimum atomic E-state index is -3.40. The normalized spacial score (nSPS) is 21.4. The maximum absolute atomic E-state index is 12.1. The lowest BCUT2D eigenvalue weighted by atomic mass is 10.0. The maximum Gasteiger partial charge on any atom is 0.279 e. The third kappa shape index (κ3) is 3.92. The number of phenols is 1. The lowest BCUT2D eigenvalue weighted by molar-refractivity contribution is 0.278. The van der Waals surface area contributed by atoms with Gasteiger partial charge in [-0.1, -0.05) is 19.1 Å². The molecule has 1 saturated heterocycles. The van der Waals surface area contributed by atoms with E-state index in [4.69, 9.17) is 0 Å². The molecule has 0 saturated carbocycles. The second kappa shape index (κ2) is 5.90. The van der Waals surface area contributed by atoms with Crippen molar-refractivity contribution in [3.05, 3.63) is 29.8 Å². The van der Waals surface area contributed by atoms with Crippen molar-refractivity contribution in [1.82, 2.24) is 9.03 Å². The summed E-state index contributed by atoms with van der Waals surface area (Å²) in [6.45, 7) is 3.50. The van der Waals surface area contributed by atoms with Gasteiger partial charge in [-0.3, -0.25) is 0 Å². The van der Waals surface area contributed by atoms with Gasteiger partial charge in [0, 0.05) is 19.6 Å². The number of nitrogens with one attached hydrogen (secondary N) is 1. The highest BCUT2D eigenvalue weighted by atomic mass is 32.2. The summed E-state index contributed by atoms with van der Waals surface area (Å²) < 4.78 is 28.4. The monoisotopic (exact) mass is 284 g/mol. The molecule has 5 nitrogen and oxygen atoms in total. The Labute approximate surface area is 114 Å². The average Bonchev–Trinajstić information content (AvgIpc) is 2.38. The average molecular weight is 284 g/mol. The Morgan fingerprint density at radius 1 is 1.37 bits per heavy atom. The van der Waals surface area contributed by atoms with Gasteiger partial charge >= 0.3 is 0 Å². The number of hydrogen-bond acceptors (Lipinski definition) is 3. The maximum atomic E-state index is 12.1. The molecule has 0 amide bonds.